The molecule has 1 aliphatic heterocycles. The fourth-order valence-electron chi connectivity index (χ4n) is 5.71. The SMILES string of the molecule is Cc1cccc(CN2C(=O)N(Cc3cccc(N)c3)C(Cc3ccccc3)C(O)C(O)C2Cc2ccccc2)c1. The van der Waals surface area contributed by atoms with Crippen molar-refractivity contribution in [2.24, 2.45) is 0 Å². The van der Waals surface area contributed by atoms with Crippen LogP contribution in [0.15, 0.2) is 109 Å². The lowest BCUT2D eigenvalue weighted by atomic mass is 9.91. The van der Waals surface area contributed by atoms with Gasteiger partial charge in [0.2, 0.25) is 0 Å². The molecule has 0 saturated carbocycles. The standard InChI is InChI=1S/C34H37N3O3/c1-24-10-8-15-27(18-24)22-36-30(20-25-11-4-2-5-12-25)32(38)33(39)31(21-26-13-6-3-7-14-26)37(34(36)40)23-28-16-9-17-29(35)19-28/h2-19,30-33,38-39H,20-23,35H2,1H3. The number of amides is 2. The molecule has 0 radical (unpaired) electrons. The molecule has 4 N–H and O–H groups in total. The van der Waals surface area contributed by atoms with Gasteiger partial charge in [-0.15, -0.1) is 0 Å². The molecule has 0 aliphatic carbocycles. The molecule has 4 aromatic carbocycles. The first-order valence-electron chi connectivity index (χ1n) is 13.8. The zero-order valence-electron chi connectivity index (χ0n) is 22.8. The fourth-order valence-corrected chi connectivity index (χ4v) is 5.71. The Balaban J connectivity index is 1.59. The molecule has 1 saturated heterocycles. The number of hydrogen-bond donors (Lipinski definition) is 3. The Hall–Kier alpha value is -4.13. The average Bonchev–Trinajstić information content (AvgIpc) is 3.02. The minimum absolute atomic E-state index is 0.221. The highest BCUT2D eigenvalue weighted by molar-refractivity contribution is 5.76. The first kappa shape index (κ1) is 27.4. The van der Waals surface area contributed by atoms with Crippen molar-refractivity contribution < 1.29 is 15.0 Å². The van der Waals surface area contributed by atoms with E-state index in [1.165, 1.54) is 0 Å². The van der Waals surface area contributed by atoms with Crippen LogP contribution in [0.1, 0.15) is 27.8 Å². The average molecular weight is 536 g/mol. The highest BCUT2D eigenvalue weighted by Gasteiger charge is 2.46. The molecule has 1 aliphatic rings. The van der Waals surface area contributed by atoms with Gasteiger partial charge < -0.3 is 25.7 Å². The van der Waals surface area contributed by atoms with E-state index in [9.17, 15) is 15.0 Å². The number of benzene rings is 4. The number of aryl methyl sites for hydroxylation is 1. The molecule has 0 bridgehead atoms. The van der Waals surface area contributed by atoms with Crippen LogP contribution in [-0.2, 0) is 25.9 Å². The molecular weight excluding hydrogens is 498 g/mol. The summed E-state index contributed by atoms with van der Waals surface area (Å²) in [6.07, 6.45) is -1.50. The van der Waals surface area contributed by atoms with Crippen molar-refractivity contribution in [2.75, 3.05) is 5.73 Å². The number of carbonyl (C=O) groups excluding carboxylic acids is 1. The molecule has 1 fully saturated rings. The van der Waals surface area contributed by atoms with Gasteiger partial charge in [0.25, 0.3) is 0 Å². The molecule has 0 spiro atoms. The van der Waals surface area contributed by atoms with Crippen LogP contribution in [0.4, 0.5) is 10.5 Å². The van der Waals surface area contributed by atoms with E-state index < -0.39 is 24.3 Å². The van der Waals surface area contributed by atoms with Crippen molar-refractivity contribution in [1.82, 2.24) is 9.80 Å². The first-order chi connectivity index (χ1) is 19.4. The van der Waals surface area contributed by atoms with Crippen molar-refractivity contribution in [3.63, 3.8) is 0 Å². The Bertz CT molecular complexity index is 1310. The molecular formula is C34H37N3O3. The van der Waals surface area contributed by atoms with Crippen molar-refractivity contribution >= 4 is 11.7 Å². The summed E-state index contributed by atoms with van der Waals surface area (Å²) in [4.78, 5) is 18.1. The molecule has 4 atom stereocenters. The number of hydrogen-bond acceptors (Lipinski definition) is 4. The number of rotatable bonds is 8. The van der Waals surface area contributed by atoms with E-state index in [1.54, 1.807) is 9.80 Å². The zero-order valence-corrected chi connectivity index (χ0v) is 22.8. The van der Waals surface area contributed by atoms with E-state index in [-0.39, 0.29) is 12.6 Å². The van der Waals surface area contributed by atoms with Gasteiger partial charge in [-0.25, -0.2) is 4.79 Å². The second-order valence-corrected chi connectivity index (χ2v) is 10.8. The van der Waals surface area contributed by atoms with Gasteiger partial charge in [-0.05, 0) is 54.2 Å². The van der Waals surface area contributed by atoms with Gasteiger partial charge in [-0.1, -0.05) is 103 Å². The third-order valence-electron chi connectivity index (χ3n) is 7.75. The highest BCUT2D eigenvalue weighted by atomic mass is 16.3. The number of anilines is 1. The van der Waals surface area contributed by atoms with Crippen molar-refractivity contribution in [2.45, 2.75) is 57.1 Å². The van der Waals surface area contributed by atoms with Gasteiger partial charge in [-0.2, -0.15) is 0 Å². The minimum atomic E-state index is -1.17. The van der Waals surface area contributed by atoms with Gasteiger partial charge in [0.15, 0.2) is 0 Å². The van der Waals surface area contributed by atoms with Crippen LogP contribution in [0.5, 0.6) is 0 Å². The maximum absolute atomic E-state index is 14.6. The Kier molecular flexibility index (Phi) is 8.48. The van der Waals surface area contributed by atoms with E-state index in [0.29, 0.717) is 25.1 Å². The summed E-state index contributed by atoms with van der Waals surface area (Å²) < 4.78 is 0. The summed E-state index contributed by atoms with van der Waals surface area (Å²) in [5, 5.41) is 23.6. The van der Waals surface area contributed by atoms with Gasteiger partial charge in [0, 0.05) is 18.8 Å². The summed E-state index contributed by atoms with van der Waals surface area (Å²) >= 11 is 0. The van der Waals surface area contributed by atoms with Crippen LogP contribution >= 0.6 is 0 Å². The third kappa shape index (κ3) is 6.36. The number of urea groups is 1. The van der Waals surface area contributed by atoms with Crippen LogP contribution < -0.4 is 5.73 Å². The van der Waals surface area contributed by atoms with E-state index >= 15 is 0 Å². The number of carbonyl (C=O) groups is 1. The second kappa shape index (κ2) is 12.4. The Morgan fingerprint density at radius 2 is 1.07 bits per heavy atom. The minimum Gasteiger partial charge on any atom is -0.399 e. The summed E-state index contributed by atoms with van der Waals surface area (Å²) in [6, 6.07) is 33.7. The molecule has 40 heavy (non-hydrogen) atoms. The largest absolute Gasteiger partial charge is 0.399 e. The van der Waals surface area contributed by atoms with E-state index in [2.05, 4.69) is 6.07 Å². The molecule has 4 aromatic rings. The lowest BCUT2D eigenvalue weighted by Crippen LogP contribution is -2.50. The summed E-state index contributed by atoms with van der Waals surface area (Å²) in [7, 11) is 0. The molecule has 0 aromatic heterocycles. The predicted octanol–water partition coefficient (Wildman–Crippen LogP) is 4.96. The number of nitrogens with two attached hydrogens (primary N) is 1. The number of nitrogen functional groups attached to an aromatic ring is 1. The van der Waals surface area contributed by atoms with Gasteiger partial charge >= 0.3 is 6.03 Å². The normalized spacial score (nSPS) is 21.3. The van der Waals surface area contributed by atoms with E-state index in [1.807, 2.05) is 110 Å². The number of aliphatic hydroxyl groups excluding tert-OH is 2. The molecule has 2 amide bonds. The van der Waals surface area contributed by atoms with Crippen LogP contribution in [0.25, 0.3) is 0 Å². The molecule has 4 unspecified atom stereocenters. The van der Waals surface area contributed by atoms with Crippen LogP contribution in [0.3, 0.4) is 0 Å². The quantitative estimate of drug-likeness (QED) is 0.278. The summed E-state index contributed by atoms with van der Waals surface area (Å²) in [5.41, 5.74) is 11.6. The van der Waals surface area contributed by atoms with Crippen molar-refractivity contribution in [3.05, 3.63) is 137 Å². The van der Waals surface area contributed by atoms with Crippen molar-refractivity contribution in [1.29, 1.82) is 0 Å². The lowest BCUT2D eigenvalue weighted by molar-refractivity contribution is -0.0408. The molecule has 6 nitrogen and oxygen atoms in total. The Labute approximate surface area is 236 Å². The lowest BCUT2D eigenvalue weighted by Gasteiger charge is -2.36. The highest BCUT2D eigenvalue weighted by Crippen LogP contribution is 2.30. The Morgan fingerprint density at radius 3 is 1.55 bits per heavy atom. The smallest absolute Gasteiger partial charge is 0.321 e. The molecule has 206 valence electrons. The fraction of sp³-hybridized carbons (Fsp3) is 0.265. The maximum Gasteiger partial charge on any atom is 0.321 e. The molecule has 5 rings (SSSR count). The number of nitrogens with zero attached hydrogens (tertiary/aromatic N) is 2. The van der Waals surface area contributed by atoms with Gasteiger partial charge in [-0.3, -0.25) is 0 Å². The first-order valence-corrected chi connectivity index (χ1v) is 13.8. The summed E-state index contributed by atoms with van der Waals surface area (Å²) in [6.45, 7) is 2.59. The zero-order chi connectivity index (χ0) is 28.1. The number of aliphatic hydroxyl groups is 2. The molecule has 6 heteroatoms. The topological polar surface area (TPSA) is 90.0 Å². The van der Waals surface area contributed by atoms with Crippen LogP contribution in [-0.4, -0.2) is 50.3 Å². The summed E-state index contributed by atoms with van der Waals surface area (Å²) in [5.74, 6) is 0. The van der Waals surface area contributed by atoms with Gasteiger partial charge in [0.05, 0.1) is 12.1 Å². The monoisotopic (exact) mass is 535 g/mol. The van der Waals surface area contributed by atoms with Crippen molar-refractivity contribution in [3.8, 4) is 0 Å². The maximum atomic E-state index is 14.6. The Morgan fingerprint density at radius 1 is 0.625 bits per heavy atom. The molecule has 1 heterocycles. The third-order valence-corrected chi connectivity index (χ3v) is 7.75. The van der Waals surface area contributed by atoms with Gasteiger partial charge in [0.1, 0.15) is 12.2 Å². The second-order valence-electron chi connectivity index (χ2n) is 10.8. The van der Waals surface area contributed by atoms with E-state index in [0.717, 1.165) is 27.8 Å². The van der Waals surface area contributed by atoms with Crippen LogP contribution in [0.2, 0.25) is 0 Å². The van der Waals surface area contributed by atoms with Crippen LogP contribution in [0, 0.1) is 6.92 Å². The predicted molar refractivity (Wildman–Crippen MR) is 158 cm³/mol. The van der Waals surface area contributed by atoms with E-state index in [4.69, 9.17) is 5.73 Å².